The molecule has 0 N–H and O–H groups in total. The number of hydrogen-bond donors (Lipinski definition) is 0. The molecule has 2 aromatic heterocycles. The van der Waals surface area contributed by atoms with Crippen molar-refractivity contribution in [1.29, 1.82) is 0 Å². The Morgan fingerprint density at radius 1 is 0.273 bits per heavy atom. The maximum atomic E-state index is 15.3. The van der Waals surface area contributed by atoms with E-state index in [1.54, 1.807) is 106 Å². The van der Waals surface area contributed by atoms with Crippen LogP contribution in [0.25, 0.3) is 115 Å². The van der Waals surface area contributed by atoms with Gasteiger partial charge in [-0.15, -0.1) is 0 Å². The van der Waals surface area contributed by atoms with Crippen molar-refractivity contribution in [2.75, 3.05) is 0 Å². The van der Waals surface area contributed by atoms with E-state index in [1.807, 2.05) is 0 Å². The quantitative estimate of drug-likeness (QED) is 0.112. The topological polar surface area (TPSA) is 14.2 Å². The fourth-order valence-corrected chi connectivity index (χ4v) is 11.9. The minimum Gasteiger partial charge on any atom is -0.310 e. The molecule has 0 fully saturated rings. The van der Waals surface area contributed by atoms with Gasteiger partial charge < -0.3 is 9.13 Å². The summed E-state index contributed by atoms with van der Waals surface area (Å²) in [5, 5.41) is 1.42. The minimum atomic E-state index is -4.97. The van der Waals surface area contributed by atoms with Crippen LogP contribution < -0.4 is 0 Å². The molecule has 0 radical (unpaired) electrons. The lowest BCUT2D eigenvalue weighted by Gasteiger charge is -2.21. The Morgan fingerprint density at radius 3 is 0.875 bits per heavy atom. The number of halogens is 15. The van der Waals surface area contributed by atoms with Crippen LogP contribution in [-0.4, -0.2) is 9.13 Å². The molecule has 0 aliphatic rings. The van der Waals surface area contributed by atoms with Gasteiger partial charge in [-0.1, -0.05) is 60.7 Å². The van der Waals surface area contributed by atoms with Crippen LogP contribution in [0.3, 0.4) is 0 Å². The highest BCUT2D eigenvalue weighted by molar-refractivity contribution is 6.14. The van der Waals surface area contributed by atoms with E-state index in [-0.39, 0.29) is 72.7 Å². The Balaban J connectivity index is 1.15. The second-order valence-corrected chi connectivity index (χ2v) is 22.0. The molecule has 0 bridgehead atoms. The molecule has 0 saturated carbocycles. The SMILES string of the molecule is [C-]#[N+]c1ccc(-c2cc(C(F)(F)F)ccc2-n2c3ccc(-c4cc(C)cc(C(F)(F)F)c4)cc3c3cc(-c4cc(C)cc(C(F)(F)F)c4)ccc32)c(-n2c3ccc(-c4cc(C)cc(C(F)(F)F)c4)cc3c3cc(-c4cc(C)cc(C(F)(F)F)c4)ccc32)c1. The average molecular weight is 1210 g/mol. The fraction of sp³-hybridized carbons (Fsp3) is 0.129. The predicted octanol–water partition coefficient (Wildman–Crippen LogP) is 23.1. The van der Waals surface area contributed by atoms with Crippen molar-refractivity contribution >= 4 is 49.3 Å². The highest BCUT2D eigenvalue weighted by Gasteiger charge is 2.36. The zero-order valence-electron chi connectivity index (χ0n) is 46.3. The monoisotopic (exact) mass is 1210 g/mol. The van der Waals surface area contributed by atoms with Crippen molar-refractivity contribution in [1.82, 2.24) is 9.13 Å². The van der Waals surface area contributed by atoms with E-state index in [0.717, 1.165) is 60.7 Å². The van der Waals surface area contributed by atoms with Crippen LogP contribution in [0, 0.1) is 34.3 Å². The molecule has 0 atom stereocenters. The summed E-state index contributed by atoms with van der Waals surface area (Å²) in [6.07, 6.45) is -23.9. The number of benzene rings is 10. The van der Waals surface area contributed by atoms with Crippen LogP contribution in [0.1, 0.15) is 50.1 Å². The Morgan fingerprint density at radius 2 is 0.580 bits per heavy atom. The smallest absolute Gasteiger partial charge is 0.310 e. The first-order valence-corrected chi connectivity index (χ1v) is 27.0. The molecule has 0 saturated heterocycles. The highest BCUT2D eigenvalue weighted by atomic mass is 19.4. The Bertz CT molecular complexity index is 4660. The number of alkyl halides is 15. The Kier molecular flexibility index (Phi) is 13.8. The molecule has 0 amide bonds. The lowest BCUT2D eigenvalue weighted by molar-refractivity contribution is -0.138. The van der Waals surface area contributed by atoms with Gasteiger partial charge in [0.15, 0.2) is 5.69 Å². The standard InChI is InChI=1S/C70H42F15N3/c1-36-18-44(26-49(22-36)67(74,75)76)40-6-13-60-55(30-40)56-31-41(45-19-37(2)23-50(27-45)68(77,78)79)7-14-61(56)87(60)64-17-10-48(66(71,72)73)34-59(64)54-12-11-53(86-5)35-65(54)88-62-15-8-42(46-20-38(3)24-51(28-46)69(80,81)82)32-57(62)58-33-43(9-16-63(58)88)47-21-39(4)25-52(29-47)70(83,84)85/h6-35H,1-4H3. The molecule has 88 heavy (non-hydrogen) atoms. The molecule has 0 spiro atoms. The first-order chi connectivity index (χ1) is 41.3. The normalized spacial score (nSPS) is 12.7. The highest BCUT2D eigenvalue weighted by Crippen LogP contribution is 2.48. The van der Waals surface area contributed by atoms with Gasteiger partial charge in [-0.3, -0.25) is 0 Å². The third-order valence-corrected chi connectivity index (χ3v) is 15.7. The number of aromatic nitrogens is 2. The molecular formula is C70H42F15N3. The van der Waals surface area contributed by atoms with E-state index >= 15 is 13.2 Å². The average Bonchev–Trinajstić information content (AvgIpc) is 2.00. The summed E-state index contributed by atoms with van der Waals surface area (Å²) in [7, 11) is 0. The number of nitrogens with zero attached hydrogens (tertiary/aromatic N) is 3. The van der Waals surface area contributed by atoms with Crippen LogP contribution in [0.4, 0.5) is 71.5 Å². The Hall–Kier alpha value is -9.76. The number of aryl methyl sites for hydroxylation is 4. The zero-order chi connectivity index (χ0) is 62.9. The first-order valence-electron chi connectivity index (χ1n) is 27.0. The van der Waals surface area contributed by atoms with E-state index < -0.39 is 58.7 Å². The molecule has 2 heterocycles. The lowest BCUT2D eigenvalue weighted by atomic mass is 9.96. The number of rotatable bonds is 7. The van der Waals surface area contributed by atoms with Gasteiger partial charge >= 0.3 is 30.9 Å². The van der Waals surface area contributed by atoms with Gasteiger partial charge in [0.2, 0.25) is 0 Å². The van der Waals surface area contributed by atoms with E-state index in [2.05, 4.69) is 4.85 Å². The predicted molar refractivity (Wildman–Crippen MR) is 313 cm³/mol. The van der Waals surface area contributed by atoms with Crippen molar-refractivity contribution in [3.05, 3.63) is 243 Å². The van der Waals surface area contributed by atoms with Gasteiger partial charge in [0.25, 0.3) is 0 Å². The summed E-state index contributed by atoms with van der Waals surface area (Å²) in [6, 6.07) is 40.3. The van der Waals surface area contributed by atoms with Crippen LogP contribution >= 0.6 is 0 Å². The van der Waals surface area contributed by atoms with Crippen molar-refractivity contribution in [2.24, 2.45) is 0 Å². The minimum absolute atomic E-state index is 0.0148. The van der Waals surface area contributed by atoms with Gasteiger partial charge in [-0.2, -0.15) is 65.9 Å². The van der Waals surface area contributed by atoms with E-state index in [4.69, 9.17) is 6.57 Å². The number of hydrogen-bond acceptors (Lipinski definition) is 0. The first kappa shape index (κ1) is 58.6. The molecule has 0 aliphatic carbocycles. The van der Waals surface area contributed by atoms with Crippen molar-refractivity contribution < 1.29 is 65.9 Å². The van der Waals surface area contributed by atoms with E-state index in [1.165, 1.54) is 52.0 Å². The molecule has 0 aliphatic heterocycles. The van der Waals surface area contributed by atoms with Crippen LogP contribution in [-0.2, 0) is 30.9 Å². The van der Waals surface area contributed by atoms with Gasteiger partial charge in [-0.25, -0.2) is 4.85 Å². The zero-order valence-corrected chi connectivity index (χ0v) is 46.3. The van der Waals surface area contributed by atoms with Crippen LogP contribution in [0.15, 0.2) is 182 Å². The molecule has 10 aromatic carbocycles. The van der Waals surface area contributed by atoms with E-state index in [0.29, 0.717) is 65.9 Å². The molecule has 12 rings (SSSR count). The molecule has 3 nitrogen and oxygen atoms in total. The summed E-state index contributed by atoms with van der Waals surface area (Å²) < 4.78 is 221. The van der Waals surface area contributed by atoms with Gasteiger partial charge in [0.05, 0.1) is 62.1 Å². The molecule has 12 aromatic rings. The van der Waals surface area contributed by atoms with E-state index in [9.17, 15) is 52.7 Å². The second-order valence-electron chi connectivity index (χ2n) is 22.0. The molecule has 442 valence electrons. The van der Waals surface area contributed by atoms with Crippen LogP contribution in [0.2, 0.25) is 0 Å². The summed E-state index contributed by atoms with van der Waals surface area (Å²) >= 11 is 0. The van der Waals surface area contributed by atoms with Gasteiger partial charge in [0, 0.05) is 38.4 Å². The second kappa shape index (κ2) is 20.7. The molecule has 18 heteroatoms. The van der Waals surface area contributed by atoms with Crippen molar-refractivity contribution in [2.45, 2.75) is 58.6 Å². The summed E-state index contributed by atoms with van der Waals surface area (Å²) in [5.41, 5.74) is -0.298. The molecule has 0 unspecified atom stereocenters. The summed E-state index contributed by atoms with van der Waals surface area (Å²) in [5.74, 6) is 0. The third-order valence-electron chi connectivity index (χ3n) is 15.7. The lowest BCUT2D eigenvalue weighted by Crippen LogP contribution is -2.08. The van der Waals surface area contributed by atoms with Crippen molar-refractivity contribution in [3.63, 3.8) is 0 Å². The Labute approximate surface area is 491 Å². The third kappa shape index (κ3) is 10.8. The van der Waals surface area contributed by atoms with Gasteiger partial charge in [0.1, 0.15) is 0 Å². The van der Waals surface area contributed by atoms with Crippen molar-refractivity contribution in [3.8, 4) is 67.0 Å². The summed E-state index contributed by atoms with van der Waals surface area (Å²) in [6.45, 7) is 14.2. The fourth-order valence-electron chi connectivity index (χ4n) is 11.9. The maximum absolute atomic E-state index is 15.3. The molecular weight excluding hydrogens is 1170 g/mol. The largest absolute Gasteiger partial charge is 0.416 e. The van der Waals surface area contributed by atoms with Crippen LogP contribution in [0.5, 0.6) is 0 Å². The number of fused-ring (bicyclic) bond motifs is 6. The maximum Gasteiger partial charge on any atom is 0.416 e. The summed E-state index contributed by atoms with van der Waals surface area (Å²) in [4.78, 5) is 3.68. The van der Waals surface area contributed by atoms with Gasteiger partial charge in [-0.05, 0) is 216 Å².